The van der Waals surface area contributed by atoms with E-state index in [0.717, 1.165) is 0 Å². The first kappa shape index (κ1) is 12.7. The SMILES string of the molecule is CC(CO)NC(=O)c1cnc2c(Cl)cccc2n1. The van der Waals surface area contributed by atoms with Gasteiger partial charge in [-0.2, -0.15) is 0 Å². The maximum Gasteiger partial charge on any atom is 0.271 e. The molecule has 1 unspecified atom stereocenters. The average molecular weight is 266 g/mol. The highest BCUT2D eigenvalue weighted by Gasteiger charge is 2.12. The van der Waals surface area contributed by atoms with Crippen molar-refractivity contribution in [3.05, 3.63) is 35.1 Å². The number of hydrogen-bond donors (Lipinski definition) is 2. The van der Waals surface area contributed by atoms with Gasteiger partial charge in [-0.25, -0.2) is 4.98 Å². The van der Waals surface area contributed by atoms with E-state index in [1.807, 2.05) is 0 Å². The fraction of sp³-hybridized carbons (Fsp3) is 0.250. The molecule has 2 rings (SSSR count). The summed E-state index contributed by atoms with van der Waals surface area (Å²) in [5.74, 6) is -0.370. The smallest absolute Gasteiger partial charge is 0.271 e. The Morgan fingerprint density at radius 1 is 1.56 bits per heavy atom. The molecule has 0 saturated heterocycles. The van der Waals surface area contributed by atoms with Crippen molar-refractivity contribution in [1.82, 2.24) is 15.3 Å². The van der Waals surface area contributed by atoms with Crippen molar-refractivity contribution in [3.63, 3.8) is 0 Å². The van der Waals surface area contributed by atoms with Crippen molar-refractivity contribution >= 4 is 28.5 Å². The molecule has 1 aromatic carbocycles. The van der Waals surface area contributed by atoms with Crippen LogP contribution in [0.5, 0.6) is 0 Å². The highest BCUT2D eigenvalue weighted by atomic mass is 35.5. The van der Waals surface area contributed by atoms with Crippen molar-refractivity contribution in [2.75, 3.05) is 6.61 Å². The minimum Gasteiger partial charge on any atom is -0.394 e. The number of benzene rings is 1. The van der Waals surface area contributed by atoms with E-state index in [0.29, 0.717) is 16.1 Å². The van der Waals surface area contributed by atoms with Crippen molar-refractivity contribution in [1.29, 1.82) is 0 Å². The third kappa shape index (κ3) is 2.57. The molecule has 1 heterocycles. The van der Waals surface area contributed by atoms with E-state index < -0.39 is 0 Å². The largest absolute Gasteiger partial charge is 0.394 e. The Morgan fingerprint density at radius 2 is 2.33 bits per heavy atom. The van der Waals surface area contributed by atoms with E-state index in [1.54, 1.807) is 25.1 Å². The van der Waals surface area contributed by atoms with Crippen molar-refractivity contribution < 1.29 is 9.90 Å². The molecule has 0 bridgehead atoms. The van der Waals surface area contributed by atoms with Crippen LogP contribution in [0.15, 0.2) is 24.4 Å². The number of nitrogens with one attached hydrogen (secondary N) is 1. The van der Waals surface area contributed by atoms with Gasteiger partial charge in [0.05, 0.1) is 23.3 Å². The number of fused-ring (bicyclic) bond motifs is 1. The zero-order chi connectivity index (χ0) is 13.1. The second-order valence-corrected chi connectivity index (χ2v) is 4.33. The van der Waals surface area contributed by atoms with Gasteiger partial charge in [-0.3, -0.25) is 9.78 Å². The number of aliphatic hydroxyl groups excluding tert-OH is 1. The van der Waals surface area contributed by atoms with E-state index >= 15 is 0 Å². The molecule has 1 aromatic heterocycles. The molecule has 18 heavy (non-hydrogen) atoms. The third-order valence-corrected chi connectivity index (χ3v) is 2.71. The molecular formula is C12H12ClN3O2. The van der Waals surface area contributed by atoms with Crippen LogP contribution >= 0.6 is 11.6 Å². The van der Waals surface area contributed by atoms with Crippen LogP contribution in [-0.4, -0.2) is 33.6 Å². The maximum absolute atomic E-state index is 11.8. The number of carbonyl (C=O) groups is 1. The normalized spacial score (nSPS) is 12.4. The first-order chi connectivity index (χ1) is 8.61. The predicted octanol–water partition coefficient (Wildman–Crippen LogP) is 1.39. The molecule has 0 spiro atoms. The van der Waals surface area contributed by atoms with Crippen molar-refractivity contribution in [3.8, 4) is 0 Å². The summed E-state index contributed by atoms with van der Waals surface area (Å²) in [4.78, 5) is 20.1. The molecule has 94 valence electrons. The Bertz CT molecular complexity index is 589. The number of carbonyl (C=O) groups excluding carboxylic acids is 1. The molecule has 0 saturated carbocycles. The Morgan fingerprint density at radius 3 is 3.06 bits per heavy atom. The van der Waals surface area contributed by atoms with Crippen LogP contribution in [-0.2, 0) is 0 Å². The van der Waals surface area contributed by atoms with Gasteiger partial charge in [0.2, 0.25) is 0 Å². The van der Waals surface area contributed by atoms with Gasteiger partial charge in [-0.05, 0) is 19.1 Å². The van der Waals surface area contributed by atoms with Crippen molar-refractivity contribution in [2.24, 2.45) is 0 Å². The van der Waals surface area contributed by atoms with Gasteiger partial charge in [0.1, 0.15) is 11.2 Å². The van der Waals surface area contributed by atoms with Crippen LogP contribution in [0.2, 0.25) is 5.02 Å². The van der Waals surface area contributed by atoms with Gasteiger partial charge in [-0.1, -0.05) is 17.7 Å². The highest BCUT2D eigenvalue weighted by molar-refractivity contribution is 6.34. The molecule has 1 amide bonds. The van der Waals surface area contributed by atoms with Crippen LogP contribution < -0.4 is 5.32 Å². The molecule has 0 aliphatic heterocycles. The lowest BCUT2D eigenvalue weighted by Gasteiger charge is -2.10. The topological polar surface area (TPSA) is 75.1 Å². The first-order valence-electron chi connectivity index (χ1n) is 5.45. The Kier molecular flexibility index (Phi) is 3.74. The van der Waals surface area contributed by atoms with E-state index in [9.17, 15) is 4.79 Å². The standard InChI is InChI=1S/C12H12ClN3O2/c1-7(6-17)15-12(18)10-5-14-11-8(13)3-2-4-9(11)16-10/h2-5,7,17H,6H2,1H3,(H,15,18). The van der Waals surface area contributed by atoms with E-state index in [-0.39, 0.29) is 24.2 Å². The molecule has 1 atom stereocenters. The van der Waals surface area contributed by atoms with Gasteiger partial charge < -0.3 is 10.4 Å². The number of rotatable bonds is 3. The van der Waals surface area contributed by atoms with E-state index in [2.05, 4.69) is 15.3 Å². The Labute approximate surface area is 109 Å². The summed E-state index contributed by atoms with van der Waals surface area (Å²) in [6.45, 7) is 1.57. The average Bonchev–Trinajstić information content (AvgIpc) is 2.38. The summed E-state index contributed by atoms with van der Waals surface area (Å²) in [5.41, 5.74) is 1.32. The number of aromatic nitrogens is 2. The van der Waals surface area contributed by atoms with Gasteiger partial charge in [-0.15, -0.1) is 0 Å². The number of amides is 1. The monoisotopic (exact) mass is 265 g/mol. The second kappa shape index (κ2) is 5.29. The van der Waals surface area contributed by atoms with E-state index in [1.165, 1.54) is 6.20 Å². The van der Waals surface area contributed by atoms with Gasteiger partial charge >= 0.3 is 0 Å². The molecule has 5 nitrogen and oxygen atoms in total. The summed E-state index contributed by atoms with van der Waals surface area (Å²) in [5, 5.41) is 12.0. The van der Waals surface area contributed by atoms with Crippen LogP contribution in [0.4, 0.5) is 0 Å². The van der Waals surface area contributed by atoms with Gasteiger partial charge in [0.25, 0.3) is 5.91 Å². The fourth-order valence-corrected chi connectivity index (χ4v) is 1.68. The Balaban J connectivity index is 2.33. The minimum atomic E-state index is -0.370. The lowest BCUT2D eigenvalue weighted by molar-refractivity contribution is 0.0917. The summed E-state index contributed by atoms with van der Waals surface area (Å²) < 4.78 is 0. The summed E-state index contributed by atoms with van der Waals surface area (Å²) in [6, 6.07) is 4.87. The Hall–Kier alpha value is -1.72. The molecule has 0 aliphatic carbocycles. The molecule has 2 N–H and O–H groups in total. The van der Waals surface area contributed by atoms with Crippen LogP contribution in [0.3, 0.4) is 0 Å². The lowest BCUT2D eigenvalue weighted by Crippen LogP contribution is -2.35. The molecular weight excluding hydrogens is 254 g/mol. The third-order valence-electron chi connectivity index (χ3n) is 2.41. The first-order valence-corrected chi connectivity index (χ1v) is 5.82. The number of nitrogens with zero attached hydrogens (tertiary/aromatic N) is 2. The number of hydrogen-bond acceptors (Lipinski definition) is 4. The summed E-state index contributed by atoms with van der Waals surface area (Å²) in [7, 11) is 0. The van der Waals surface area contributed by atoms with Crippen LogP contribution in [0.25, 0.3) is 11.0 Å². The molecule has 0 fully saturated rings. The maximum atomic E-state index is 11.8. The molecule has 2 aromatic rings. The van der Waals surface area contributed by atoms with Gasteiger partial charge in [0, 0.05) is 6.04 Å². The number of para-hydroxylation sites is 1. The minimum absolute atomic E-state index is 0.126. The summed E-state index contributed by atoms with van der Waals surface area (Å²) >= 11 is 5.96. The number of halogens is 1. The zero-order valence-electron chi connectivity index (χ0n) is 9.72. The van der Waals surface area contributed by atoms with Crippen LogP contribution in [0.1, 0.15) is 17.4 Å². The number of aliphatic hydroxyl groups is 1. The quantitative estimate of drug-likeness (QED) is 0.880. The zero-order valence-corrected chi connectivity index (χ0v) is 10.5. The second-order valence-electron chi connectivity index (χ2n) is 3.92. The molecule has 0 aliphatic rings. The lowest BCUT2D eigenvalue weighted by atomic mass is 10.2. The highest BCUT2D eigenvalue weighted by Crippen LogP contribution is 2.19. The fourth-order valence-electron chi connectivity index (χ4n) is 1.46. The molecule has 0 radical (unpaired) electrons. The van der Waals surface area contributed by atoms with Crippen molar-refractivity contribution in [2.45, 2.75) is 13.0 Å². The molecule has 6 heteroatoms. The van der Waals surface area contributed by atoms with E-state index in [4.69, 9.17) is 16.7 Å². The van der Waals surface area contributed by atoms with Gasteiger partial charge in [0.15, 0.2) is 0 Å². The van der Waals surface area contributed by atoms with Crippen LogP contribution in [0, 0.1) is 0 Å². The summed E-state index contributed by atoms with van der Waals surface area (Å²) in [6.07, 6.45) is 1.37. The predicted molar refractivity (Wildman–Crippen MR) is 68.6 cm³/mol.